The quantitative estimate of drug-likeness (QED) is 0.813. The molecular formula is C16H25N3O3. The Hall–Kier alpha value is -1.66. The smallest absolute Gasteiger partial charge is 0.263 e. The number of rotatable bonds is 4. The molecule has 1 aromatic rings. The van der Waals surface area contributed by atoms with E-state index in [0.717, 1.165) is 24.3 Å². The lowest BCUT2D eigenvalue weighted by atomic mass is 10.1. The highest BCUT2D eigenvalue weighted by atomic mass is 16.5. The number of aromatic nitrogens is 1. The van der Waals surface area contributed by atoms with Crippen molar-refractivity contribution in [3.63, 3.8) is 0 Å². The second kappa shape index (κ2) is 7.07. The van der Waals surface area contributed by atoms with E-state index in [4.69, 9.17) is 4.74 Å². The minimum atomic E-state index is -0.210. The van der Waals surface area contributed by atoms with Crippen LogP contribution in [0.5, 0.6) is 0 Å². The van der Waals surface area contributed by atoms with Gasteiger partial charge in [-0.15, -0.1) is 0 Å². The van der Waals surface area contributed by atoms with E-state index in [1.165, 1.54) is 0 Å². The van der Waals surface area contributed by atoms with Gasteiger partial charge in [-0.2, -0.15) is 0 Å². The first-order chi connectivity index (χ1) is 10.5. The molecule has 0 atom stereocenters. The molecule has 0 radical (unpaired) electrons. The molecule has 0 spiro atoms. The highest BCUT2D eigenvalue weighted by Gasteiger charge is 2.25. The number of amides is 1. The lowest BCUT2D eigenvalue weighted by Crippen LogP contribution is -2.48. The van der Waals surface area contributed by atoms with Crippen molar-refractivity contribution in [2.75, 3.05) is 46.9 Å². The van der Waals surface area contributed by atoms with Crippen LogP contribution in [0.2, 0.25) is 0 Å². The summed E-state index contributed by atoms with van der Waals surface area (Å²) in [5.41, 5.74) is 1.69. The van der Waals surface area contributed by atoms with Crippen LogP contribution < -0.4 is 5.56 Å². The summed E-state index contributed by atoms with van der Waals surface area (Å²) in [6, 6.07) is 1.90. The standard InChI is InChI=1S/C16H25N3O3/c1-12-11-13(2)19(9-10-22-4)16(21)14(12)15(20)18-7-5-17(3)6-8-18/h11H,5-10H2,1-4H3. The molecule has 1 saturated heterocycles. The molecule has 0 aromatic carbocycles. The van der Waals surface area contributed by atoms with E-state index in [1.54, 1.807) is 16.6 Å². The number of likely N-dealkylation sites (N-methyl/N-ethyl adjacent to an activating group) is 1. The molecule has 0 saturated carbocycles. The average Bonchev–Trinajstić information content (AvgIpc) is 2.47. The van der Waals surface area contributed by atoms with Crippen molar-refractivity contribution in [3.05, 3.63) is 33.2 Å². The summed E-state index contributed by atoms with van der Waals surface area (Å²) in [6.07, 6.45) is 0. The number of hydrogen-bond acceptors (Lipinski definition) is 4. The van der Waals surface area contributed by atoms with E-state index < -0.39 is 0 Å². The first kappa shape index (κ1) is 16.7. The van der Waals surface area contributed by atoms with E-state index in [0.29, 0.717) is 31.8 Å². The molecule has 0 bridgehead atoms. The molecule has 22 heavy (non-hydrogen) atoms. The molecule has 122 valence electrons. The summed E-state index contributed by atoms with van der Waals surface area (Å²) in [4.78, 5) is 29.4. The fraction of sp³-hybridized carbons (Fsp3) is 0.625. The van der Waals surface area contributed by atoms with Gasteiger partial charge in [-0.1, -0.05) is 0 Å². The van der Waals surface area contributed by atoms with Gasteiger partial charge in [-0.05, 0) is 32.5 Å². The molecule has 2 heterocycles. The SMILES string of the molecule is COCCn1c(C)cc(C)c(C(=O)N2CCN(C)CC2)c1=O. The molecule has 1 aliphatic rings. The Morgan fingerprint density at radius 3 is 2.45 bits per heavy atom. The third kappa shape index (κ3) is 3.39. The fourth-order valence-corrected chi connectivity index (χ4v) is 2.82. The summed E-state index contributed by atoms with van der Waals surface area (Å²) < 4.78 is 6.68. The predicted molar refractivity (Wildman–Crippen MR) is 85.5 cm³/mol. The summed E-state index contributed by atoms with van der Waals surface area (Å²) >= 11 is 0. The van der Waals surface area contributed by atoms with Gasteiger partial charge in [-0.3, -0.25) is 9.59 Å². The summed E-state index contributed by atoms with van der Waals surface area (Å²) in [6.45, 7) is 7.65. The second-order valence-corrected chi connectivity index (χ2v) is 5.89. The van der Waals surface area contributed by atoms with Crippen molar-refractivity contribution >= 4 is 5.91 Å². The van der Waals surface area contributed by atoms with Gasteiger partial charge < -0.3 is 19.1 Å². The van der Waals surface area contributed by atoms with E-state index in [1.807, 2.05) is 27.0 Å². The van der Waals surface area contributed by atoms with Crippen LogP contribution in [0.1, 0.15) is 21.6 Å². The molecule has 2 rings (SSSR count). The first-order valence-corrected chi connectivity index (χ1v) is 7.63. The number of carbonyl (C=O) groups excluding carboxylic acids is 1. The summed E-state index contributed by atoms with van der Waals surface area (Å²) in [5.74, 6) is -0.151. The van der Waals surface area contributed by atoms with Crippen LogP contribution in [0.3, 0.4) is 0 Å². The van der Waals surface area contributed by atoms with Gasteiger partial charge in [0.1, 0.15) is 5.56 Å². The van der Waals surface area contributed by atoms with E-state index in [2.05, 4.69) is 4.90 Å². The second-order valence-electron chi connectivity index (χ2n) is 5.89. The van der Waals surface area contributed by atoms with Gasteiger partial charge in [0, 0.05) is 45.5 Å². The van der Waals surface area contributed by atoms with Crippen molar-refractivity contribution in [1.29, 1.82) is 0 Å². The Balaban J connectivity index is 2.33. The van der Waals surface area contributed by atoms with Gasteiger partial charge >= 0.3 is 0 Å². The fourth-order valence-electron chi connectivity index (χ4n) is 2.82. The number of pyridine rings is 1. The lowest BCUT2D eigenvalue weighted by molar-refractivity contribution is 0.0660. The molecule has 1 amide bonds. The van der Waals surface area contributed by atoms with Crippen molar-refractivity contribution in [3.8, 4) is 0 Å². The molecule has 1 aliphatic heterocycles. The van der Waals surface area contributed by atoms with Crippen molar-refractivity contribution < 1.29 is 9.53 Å². The van der Waals surface area contributed by atoms with Crippen LogP contribution in [0.25, 0.3) is 0 Å². The van der Waals surface area contributed by atoms with Crippen LogP contribution in [-0.2, 0) is 11.3 Å². The highest BCUT2D eigenvalue weighted by Crippen LogP contribution is 2.11. The summed E-state index contributed by atoms with van der Waals surface area (Å²) in [7, 11) is 3.64. The Bertz CT molecular complexity index is 601. The molecule has 6 heteroatoms. The molecule has 6 nitrogen and oxygen atoms in total. The van der Waals surface area contributed by atoms with Crippen LogP contribution >= 0.6 is 0 Å². The van der Waals surface area contributed by atoms with E-state index >= 15 is 0 Å². The summed E-state index contributed by atoms with van der Waals surface area (Å²) in [5, 5.41) is 0. The first-order valence-electron chi connectivity index (χ1n) is 7.63. The van der Waals surface area contributed by atoms with Crippen LogP contribution in [-0.4, -0.2) is 67.2 Å². The van der Waals surface area contributed by atoms with Gasteiger partial charge in [-0.25, -0.2) is 0 Å². The van der Waals surface area contributed by atoms with E-state index in [9.17, 15) is 9.59 Å². The van der Waals surface area contributed by atoms with Crippen molar-refractivity contribution in [2.24, 2.45) is 0 Å². The molecule has 0 N–H and O–H groups in total. The van der Waals surface area contributed by atoms with E-state index in [-0.39, 0.29) is 11.5 Å². The van der Waals surface area contributed by atoms with Crippen LogP contribution in [0, 0.1) is 13.8 Å². The predicted octanol–water partition coefficient (Wildman–Crippen LogP) is 0.499. The molecule has 1 fully saturated rings. The number of methoxy groups -OCH3 is 1. The zero-order valence-corrected chi connectivity index (χ0v) is 13.9. The minimum absolute atomic E-state index is 0.151. The Kier molecular flexibility index (Phi) is 5.37. The van der Waals surface area contributed by atoms with Gasteiger partial charge in [0.2, 0.25) is 0 Å². The highest BCUT2D eigenvalue weighted by molar-refractivity contribution is 5.95. The topological polar surface area (TPSA) is 54.8 Å². The monoisotopic (exact) mass is 307 g/mol. The zero-order chi connectivity index (χ0) is 16.3. The maximum atomic E-state index is 12.7. The maximum absolute atomic E-state index is 12.7. The van der Waals surface area contributed by atoms with Crippen LogP contribution in [0.4, 0.5) is 0 Å². The Labute approximate surface area is 131 Å². The van der Waals surface area contributed by atoms with Gasteiger partial charge in [0.15, 0.2) is 0 Å². The average molecular weight is 307 g/mol. The van der Waals surface area contributed by atoms with Gasteiger partial charge in [0.05, 0.1) is 6.61 Å². The molecule has 0 unspecified atom stereocenters. The van der Waals surface area contributed by atoms with Crippen molar-refractivity contribution in [2.45, 2.75) is 20.4 Å². The van der Waals surface area contributed by atoms with Gasteiger partial charge in [0.25, 0.3) is 11.5 Å². The Morgan fingerprint density at radius 1 is 1.23 bits per heavy atom. The largest absolute Gasteiger partial charge is 0.383 e. The van der Waals surface area contributed by atoms with Crippen molar-refractivity contribution in [1.82, 2.24) is 14.4 Å². The maximum Gasteiger partial charge on any atom is 0.263 e. The number of aryl methyl sites for hydroxylation is 2. The number of ether oxygens (including phenoxy) is 1. The minimum Gasteiger partial charge on any atom is -0.383 e. The number of hydrogen-bond donors (Lipinski definition) is 0. The van der Waals surface area contributed by atoms with Crippen LogP contribution in [0.15, 0.2) is 10.9 Å². The third-order valence-electron chi connectivity index (χ3n) is 4.23. The number of carbonyl (C=O) groups is 1. The Morgan fingerprint density at radius 2 is 1.86 bits per heavy atom. The lowest BCUT2D eigenvalue weighted by Gasteiger charge is -2.32. The zero-order valence-electron chi connectivity index (χ0n) is 13.9. The molecular weight excluding hydrogens is 282 g/mol. The normalized spacial score (nSPS) is 16.1. The third-order valence-corrected chi connectivity index (χ3v) is 4.23. The molecule has 0 aliphatic carbocycles. The number of nitrogens with zero attached hydrogens (tertiary/aromatic N) is 3. The number of piperazine rings is 1. The molecule has 1 aromatic heterocycles.